The van der Waals surface area contributed by atoms with E-state index in [1.807, 2.05) is 4.72 Å². The third kappa shape index (κ3) is 8.60. The molecular weight excluding hydrogens is 805 g/mol. The van der Waals surface area contributed by atoms with Gasteiger partial charge in [0.25, 0.3) is 11.8 Å². The molecule has 3 heterocycles. The maximum Gasteiger partial charge on any atom is 0.408 e. The molecule has 0 spiro atoms. The molecule has 2 aliphatic heterocycles. The number of amides is 4. The van der Waals surface area contributed by atoms with E-state index in [1.54, 1.807) is 33.8 Å². The highest BCUT2D eigenvalue weighted by Gasteiger charge is 2.67. The van der Waals surface area contributed by atoms with Crippen LogP contribution in [0.5, 0.6) is 11.6 Å². The van der Waals surface area contributed by atoms with Gasteiger partial charge in [0.2, 0.25) is 34.1 Å². The van der Waals surface area contributed by atoms with Crippen LogP contribution < -0.4 is 24.8 Å². The number of rotatable bonds is 8. The van der Waals surface area contributed by atoms with E-state index in [2.05, 4.69) is 20.6 Å². The zero-order valence-corrected chi connectivity index (χ0v) is 34.3. The van der Waals surface area contributed by atoms with E-state index in [1.165, 1.54) is 19.2 Å². The highest BCUT2D eigenvalue weighted by molar-refractivity contribution is 7.91. The van der Waals surface area contributed by atoms with Gasteiger partial charge in [0.1, 0.15) is 35.6 Å². The van der Waals surface area contributed by atoms with Crippen LogP contribution in [0.3, 0.4) is 0 Å². The average Bonchev–Trinajstić information content (AvgIpc) is 4.07. The van der Waals surface area contributed by atoms with Crippen molar-refractivity contribution in [2.75, 3.05) is 13.7 Å². The van der Waals surface area contributed by atoms with Gasteiger partial charge in [-0.25, -0.2) is 32.0 Å². The maximum atomic E-state index is 16.3. The second-order valence-electron chi connectivity index (χ2n) is 17.5. The smallest absolute Gasteiger partial charge is 0.408 e. The molecule has 0 radical (unpaired) electrons. The molecule has 1 aromatic carbocycles. The van der Waals surface area contributed by atoms with Gasteiger partial charge in [0.05, 0.1) is 35.9 Å². The highest BCUT2D eigenvalue weighted by Crippen LogP contribution is 2.49. The predicted octanol–water partition coefficient (Wildman–Crippen LogP) is 4.57. The minimum Gasteiger partial charge on any atom is -0.497 e. The third-order valence-electron chi connectivity index (χ3n) is 12.1. The Morgan fingerprint density at radius 1 is 1.07 bits per heavy atom. The Morgan fingerprint density at radius 2 is 1.80 bits per heavy atom. The van der Waals surface area contributed by atoms with Crippen LogP contribution in [-0.2, 0) is 35.1 Å². The molecule has 20 heteroatoms. The van der Waals surface area contributed by atoms with E-state index in [4.69, 9.17) is 14.2 Å². The monoisotopic (exact) mass is 854 g/mol. The lowest BCUT2D eigenvalue weighted by Gasteiger charge is -2.36. The molecule has 0 unspecified atom stereocenters. The van der Waals surface area contributed by atoms with Gasteiger partial charge < -0.3 is 29.7 Å². The summed E-state index contributed by atoms with van der Waals surface area (Å²) in [6.07, 6.45) is -4.81. The number of benzene rings is 1. The molecule has 2 bridgehead atoms. The summed E-state index contributed by atoms with van der Waals surface area (Å²) in [5.41, 5.74) is -3.81. The van der Waals surface area contributed by atoms with Crippen molar-refractivity contribution in [3.8, 4) is 11.6 Å². The Bertz CT molecular complexity index is 2120. The molecule has 59 heavy (non-hydrogen) atoms. The van der Waals surface area contributed by atoms with Gasteiger partial charge in [-0.1, -0.05) is 34.1 Å². The van der Waals surface area contributed by atoms with Gasteiger partial charge in [-0.2, -0.15) is 8.78 Å². The van der Waals surface area contributed by atoms with E-state index < -0.39 is 129 Å². The number of carbonyl (C=O) groups is 4. The van der Waals surface area contributed by atoms with Crippen LogP contribution in [0.2, 0.25) is 0 Å². The summed E-state index contributed by atoms with van der Waals surface area (Å²) in [5.74, 6) is -9.81. The first-order valence-electron chi connectivity index (χ1n) is 20.0. The van der Waals surface area contributed by atoms with E-state index in [0.29, 0.717) is 25.0 Å². The Balaban J connectivity index is 1.30. The Kier molecular flexibility index (Phi) is 11.2. The molecule has 5 aliphatic rings. The molecule has 324 valence electrons. The van der Waals surface area contributed by atoms with E-state index in [0.717, 1.165) is 4.90 Å². The molecule has 4 fully saturated rings. The van der Waals surface area contributed by atoms with Gasteiger partial charge in [-0.3, -0.25) is 19.1 Å². The largest absolute Gasteiger partial charge is 0.497 e. The SMILES string of the molecule is CC[C@@H]1[C@@H]2CN(C(=O)[C@H](C(C)(C)C)NC(=O)O[C@@H]3C[C@H]3CCCCC(F)(F)c3nc4ccc(OC)cc4nc3O2)[C@@H]1C(=O)N[C@]1(C(=O)NS(=O)(=O)C2CC2)C[C@H]1C(F)F. The van der Waals surface area contributed by atoms with Gasteiger partial charge >= 0.3 is 6.09 Å². The van der Waals surface area contributed by atoms with Gasteiger partial charge in [0, 0.05) is 18.4 Å². The van der Waals surface area contributed by atoms with E-state index >= 15 is 8.78 Å². The second kappa shape index (κ2) is 15.5. The molecule has 1 saturated heterocycles. The van der Waals surface area contributed by atoms with E-state index in [-0.39, 0.29) is 42.6 Å². The number of ether oxygens (including phenoxy) is 3. The van der Waals surface area contributed by atoms with Gasteiger partial charge in [-0.05, 0) is 68.4 Å². The maximum absolute atomic E-state index is 16.3. The zero-order chi connectivity index (χ0) is 42.8. The number of fused-ring (bicyclic) bond motifs is 5. The molecule has 4 amide bonds. The number of sulfonamides is 1. The van der Waals surface area contributed by atoms with Crippen molar-refractivity contribution in [3.05, 3.63) is 23.9 Å². The number of alkyl halides is 4. The fourth-order valence-corrected chi connectivity index (χ4v) is 9.70. The number of hydrogen-bond acceptors (Lipinski definition) is 11. The fraction of sp³-hybridized carbons (Fsp3) is 0.692. The molecular formula is C39H50F4N6O9S. The first-order chi connectivity index (χ1) is 27.7. The van der Waals surface area contributed by atoms with Crippen molar-refractivity contribution < 1.29 is 59.4 Å². The molecule has 8 atom stereocenters. The Labute approximate surface area is 339 Å². The van der Waals surface area contributed by atoms with Crippen LogP contribution in [0.1, 0.15) is 91.2 Å². The third-order valence-corrected chi connectivity index (χ3v) is 14.0. The van der Waals surface area contributed by atoms with Crippen LogP contribution in [0, 0.1) is 23.2 Å². The van der Waals surface area contributed by atoms with Crippen LogP contribution in [0.25, 0.3) is 11.0 Å². The van der Waals surface area contributed by atoms with Crippen LogP contribution in [0.15, 0.2) is 18.2 Å². The lowest BCUT2D eigenvalue weighted by molar-refractivity contribution is -0.144. The molecule has 2 aromatic rings. The number of halogens is 4. The predicted molar refractivity (Wildman–Crippen MR) is 202 cm³/mol. The number of nitrogens with one attached hydrogen (secondary N) is 3. The molecule has 3 N–H and O–H groups in total. The van der Waals surface area contributed by atoms with Crippen molar-refractivity contribution >= 4 is 44.9 Å². The highest BCUT2D eigenvalue weighted by atomic mass is 32.2. The summed E-state index contributed by atoms with van der Waals surface area (Å²) in [7, 11) is -2.79. The number of aromatic nitrogens is 2. The molecule has 7 rings (SSSR count). The van der Waals surface area contributed by atoms with E-state index in [9.17, 15) is 36.4 Å². The number of hydrogen-bond donors (Lipinski definition) is 3. The summed E-state index contributed by atoms with van der Waals surface area (Å²) in [6.45, 7) is 6.22. The first-order valence-corrected chi connectivity index (χ1v) is 21.6. The normalized spacial score (nSPS) is 31.1. The lowest BCUT2D eigenvalue weighted by Crippen LogP contribution is -2.61. The van der Waals surface area contributed by atoms with Crippen LogP contribution in [0.4, 0.5) is 22.4 Å². The molecule has 15 nitrogen and oxygen atoms in total. The lowest BCUT2D eigenvalue weighted by atomic mass is 9.85. The number of nitrogens with zero attached hydrogens (tertiary/aromatic N) is 3. The molecule has 3 aliphatic carbocycles. The summed E-state index contributed by atoms with van der Waals surface area (Å²) >= 11 is 0. The topological polar surface area (TPSA) is 195 Å². The second-order valence-corrected chi connectivity index (χ2v) is 19.5. The number of carbonyl (C=O) groups excluding carboxylic acids is 4. The van der Waals surface area contributed by atoms with Crippen LogP contribution >= 0.6 is 0 Å². The van der Waals surface area contributed by atoms with Crippen molar-refractivity contribution in [2.45, 2.75) is 133 Å². The average molecular weight is 855 g/mol. The van der Waals surface area contributed by atoms with Crippen molar-refractivity contribution in [3.63, 3.8) is 0 Å². The Morgan fingerprint density at radius 3 is 2.42 bits per heavy atom. The summed E-state index contributed by atoms with van der Waals surface area (Å²) < 4.78 is 106. The quantitative estimate of drug-likeness (QED) is 0.315. The van der Waals surface area contributed by atoms with Gasteiger partial charge in [-0.15, -0.1) is 0 Å². The molecule has 1 aromatic heterocycles. The summed E-state index contributed by atoms with van der Waals surface area (Å²) in [5, 5.41) is 4.17. The minimum atomic E-state index is -4.21. The van der Waals surface area contributed by atoms with Crippen molar-refractivity contribution in [2.24, 2.45) is 23.2 Å². The summed E-state index contributed by atoms with van der Waals surface area (Å²) in [6, 6.07) is 1.60. The minimum absolute atomic E-state index is 0.0549. The Hall–Kier alpha value is -4.49. The number of alkyl carbamates (subject to hydrolysis) is 1. The van der Waals surface area contributed by atoms with Crippen molar-refractivity contribution in [1.29, 1.82) is 0 Å². The zero-order valence-electron chi connectivity index (χ0n) is 33.4. The van der Waals surface area contributed by atoms with Gasteiger partial charge in [0.15, 0.2) is 5.69 Å². The first kappa shape index (κ1) is 42.6. The fourth-order valence-electron chi connectivity index (χ4n) is 8.33. The molecule has 3 saturated carbocycles. The van der Waals surface area contributed by atoms with Crippen molar-refractivity contribution in [1.82, 2.24) is 30.2 Å². The van der Waals surface area contributed by atoms with Crippen LogP contribution in [-0.4, -0.2) is 102 Å². The standard InChI is InChI=1S/C39H50F4N6O9S/c1-6-22-27-18-49(28(22)32(50)47-38(17-23(38)31(40)41)35(52)48-59(54,55)21-11-12-21)34(51)30(37(2,3)4)46-36(53)58-26-15-19(26)9-7-8-14-39(42,43)29-33(57-27)45-25-16-20(56-5)10-13-24(25)44-29/h10,13,16,19,21-23,26-28,30-31H,6-9,11-12,14-15,17-18H2,1-5H3,(H,46,53)(H,47,50)(H,48,52)/t19-,22-,23+,26-,27+,28+,30-,38-/m1/s1. The number of methoxy groups -OCH3 is 1. The summed E-state index contributed by atoms with van der Waals surface area (Å²) in [4.78, 5) is 66.1.